The molecule has 0 aliphatic rings. The summed E-state index contributed by atoms with van der Waals surface area (Å²) in [6, 6.07) is 0. The van der Waals surface area contributed by atoms with Gasteiger partial charge in [0.15, 0.2) is 6.10 Å². The van der Waals surface area contributed by atoms with Crippen molar-refractivity contribution in [2.45, 2.75) is 13.0 Å². The molecule has 0 rings (SSSR count). The average molecular weight is 252 g/mol. The maximum absolute atomic E-state index is 9.96. The van der Waals surface area contributed by atoms with E-state index in [2.05, 4.69) is 4.52 Å². The van der Waals surface area contributed by atoms with Crippen molar-refractivity contribution in [3.63, 3.8) is 0 Å². The molecule has 3 N–H and O–H groups in total. The van der Waals surface area contributed by atoms with Crippen molar-refractivity contribution in [3.8, 4) is 0 Å². The number of carbonyl (C=O) groups is 1. The number of phosphoric ester groups is 1. The van der Waals surface area contributed by atoms with Gasteiger partial charge in [-0.25, -0.2) is 9.36 Å². The molecule has 0 spiro atoms. The standard InChI is InChI=1S/C3H7O6P.Ca.K.3H/c1-2(3(4)5)9-10(6,7)8;;;;;/h2H,1H3,(H,4,5)(H2,6,7,8);;;;;. The molecule has 0 aromatic heterocycles. The zero-order valence-corrected chi connectivity index (χ0v) is 5.99. The van der Waals surface area contributed by atoms with Crippen LogP contribution in [0.15, 0.2) is 0 Å². The van der Waals surface area contributed by atoms with Crippen LogP contribution in [-0.2, 0) is 13.9 Å². The number of rotatable bonds is 3. The van der Waals surface area contributed by atoms with E-state index in [4.69, 9.17) is 14.9 Å². The van der Waals surface area contributed by atoms with Crippen molar-refractivity contribution in [1.82, 2.24) is 0 Å². The zero-order chi connectivity index (χ0) is 8.36. The first-order valence-corrected chi connectivity index (χ1v) is 3.82. The Labute approximate surface area is 142 Å². The third-order valence-electron chi connectivity index (χ3n) is 0.643. The van der Waals surface area contributed by atoms with Gasteiger partial charge in [-0.15, -0.1) is 0 Å². The molecule has 0 saturated heterocycles. The Morgan fingerprint density at radius 3 is 1.92 bits per heavy atom. The summed E-state index contributed by atoms with van der Waals surface area (Å²) in [4.78, 5) is 26.0. The summed E-state index contributed by atoms with van der Waals surface area (Å²) >= 11 is 0. The molecule has 0 amide bonds. The molecule has 0 bridgehead atoms. The van der Waals surface area contributed by atoms with E-state index in [1.54, 1.807) is 0 Å². The molecule has 0 aliphatic heterocycles. The van der Waals surface area contributed by atoms with E-state index in [1.165, 1.54) is 0 Å². The molecule has 0 saturated carbocycles. The molecule has 1 unspecified atom stereocenters. The molecule has 0 radical (unpaired) electrons. The van der Waals surface area contributed by atoms with Gasteiger partial charge >= 0.3 is 103 Å². The summed E-state index contributed by atoms with van der Waals surface area (Å²) in [5.74, 6) is -1.41. The van der Waals surface area contributed by atoms with Crippen LogP contribution >= 0.6 is 7.82 Å². The molecule has 0 aromatic carbocycles. The molecule has 0 aromatic rings. The fourth-order valence-corrected chi connectivity index (χ4v) is 0.753. The summed E-state index contributed by atoms with van der Waals surface area (Å²) in [5.41, 5.74) is 0. The Morgan fingerprint density at radius 2 is 1.83 bits per heavy atom. The van der Waals surface area contributed by atoms with Crippen molar-refractivity contribution in [3.05, 3.63) is 0 Å². The first-order valence-electron chi connectivity index (χ1n) is 2.29. The molecular weight excluding hydrogens is 242 g/mol. The second-order valence-electron chi connectivity index (χ2n) is 1.58. The molecule has 0 heterocycles. The number of carboxylic acid groups (broad SMARTS) is 1. The summed E-state index contributed by atoms with van der Waals surface area (Å²) in [6.45, 7) is 1.03. The third-order valence-corrected chi connectivity index (χ3v) is 1.23. The van der Waals surface area contributed by atoms with Crippen LogP contribution in [0.4, 0.5) is 0 Å². The van der Waals surface area contributed by atoms with E-state index in [0.717, 1.165) is 6.92 Å². The monoisotopic (exact) mass is 252 g/mol. The molecule has 66 valence electrons. The Bertz CT molecular complexity index is 180. The minimum atomic E-state index is -4.66. The molecule has 0 aliphatic carbocycles. The van der Waals surface area contributed by atoms with Gasteiger partial charge in [0.05, 0.1) is 0 Å². The number of carboxylic acids is 1. The van der Waals surface area contributed by atoms with Gasteiger partial charge in [0.1, 0.15) is 0 Å². The fraction of sp³-hybridized carbons (Fsp3) is 0.667. The fourth-order valence-electron chi connectivity index (χ4n) is 0.251. The van der Waals surface area contributed by atoms with E-state index in [9.17, 15) is 9.36 Å². The van der Waals surface area contributed by atoms with Gasteiger partial charge in [-0.05, 0) is 6.92 Å². The van der Waals surface area contributed by atoms with Crippen LogP contribution in [-0.4, -0.2) is 116 Å². The van der Waals surface area contributed by atoms with Gasteiger partial charge in [-0.1, -0.05) is 0 Å². The van der Waals surface area contributed by atoms with Crippen LogP contribution in [0.1, 0.15) is 6.92 Å². The van der Waals surface area contributed by atoms with Gasteiger partial charge < -0.3 is 14.9 Å². The van der Waals surface area contributed by atoms with Crippen LogP contribution in [0.25, 0.3) is 0 Å². The molecule has 9 heteroatoms. The molecular formula is C3H10CaKO6P. The first kappa shape index (κ1) is 20.0. The summed E-state index contributed by atoms with van der Waals surface area (Å²) in [6.07, 6.45) is -1.49. The number of hydrogen-bond acceptors (Lipinski definition) is 3. The van der Waals surface area contributed by atoms with Crippen LogP contribution in [0.3, 0.4) is 0 Å². The van der Waals surface area contributed by atoms with Crippen molar-refractivity contribution in [2.24, 2.45) is 0 Å². The van der Waals surface area contributed by atoms with Gasteiger partial charge in [0.25, 0.3) is 0 Å². The Balaban J connectivity index is -0.000000405. The van der Waals surface area contributed by atoms with Crippen LogP contribution in [0.5, 0.6) is 0 Å². The van der Waals surface area contributed by atoms with Crippen molar-refractivity contribution in [1.29, 1.82) is 0 Å². The van der Waals surface area contributed by atoms with Crippen molar-refractivity contribution >= 4 is 103 Å². The van der Waals surface area contributed by atoms with Crippen LogP contribution in [0, 0.1) is 0 Å². The molecule has 0 fully saturated rings. The van der Waals surface area contributed by atoms with E-state index < -0.39 is 19.9 Å². The first-order chi connectivity index (χ1) is 4.33. The average Bonchev–Trinajstić information content (AvgIpc) is 1.60. The Morgan fingerprint density at radius 1 is 1.50 bits per heavy atom. The third kappa shape index (κ3) is 12.5. The summed E-state index contributed by atoms with van der Waals surface area (Å²) in [7, 11) is -4.66. The quantitative estimate of drug-likeness (QED) is 0.396. The minimum absolute atomic E-state index is 0. The van der Waals surface area contributed by atoms with Crippen molar-refractivity contribution in [2.75, 3.05) is 0 Å². The van der Waals surface area contributed by atoms with Gasteiger partial charge in [-0.3, -0.25) is 4.52 Å². The maximum atomic E-state index is 9.96. The van der Waals surface area contributed by atoms with Gasteiger partial charge in [-0.2, -0.15) is 0 Å². The van der Waals surface area contributed by atoms with E-state index in [0.29, 0.717) is 0 Å². The number of hydrogen-bond donors (Lipinski definition) is 3. The predicted molar refractivity (Wildman–Crippen MR) is 45.9 cm³/mol. The second-order valence-corrected chi connectivity index (χ2v) is 2.77. The second kappa shape index (κ2) is 8.76. The zero-order valence-electron chi connectivity index (χ0n) is 5.09. The normalized spacial score (nSPS) is 12.2. The molecule has 6 nitrogen and oxygen atoms in total. The SMILES string of the molecule is CC(OP(=O)(O)O)C(=O)O.[CaH2].[KH]. The summed E-state index contributed by atoms with van der Waals surface area (Å²) < 4.78 is 13.7. The number of aliphatic carboxylic acids is 1. The predicted octanol–water partition coefficient (Wildman–Crippen LogP) is -2.00. The summed E-state index contributed by atoms with van der Waals surface area (Å²) in [5, 5.41) is 8.08. The molecule has 12 heavy (non-hydrogen) atoms. The Kier molecular flexibility index (Phi) is 14.6. The van der Waals surface area contributed by atoms with E-state index >= 15 is 0 Å². The van der Waals surface area contributed by atoms with Crippen molar-refractivity contribution < 1.29 is 28.8 Å². The van der Waals surface area contributed by atoms with E-state index in [-0.39, 0.29) is 89.1 Å². The van der Waals surface area contributed by atoms with Gasteiger partial charge in [0.2, 0.25) is 0 Å². The topological polar surface area (TPSA) is 104 Å². The molecule has 1 atom stereocenters. The van der Waals surface area contributed by atoms with Crippen LogP contribution < -0.4 is 0 Å². The van der Waals surface area contributed by atoms with Gasteiger partial charge in [0, 0.05) is 0 Å². The Hall–Kier alpha value is 2.48. The van der Waals surface area contributed by atoms with E-state index in [1.807, 2.05) is 0 Å². The van der Waals surface area contributed by atoms with Crippen LogP contribution in [0.2, 0.25) is 0 Å². The number of phosphoric acid groups is 1.